The van der Waals surface area contributed by atoms with Crippen LogP contribution >= 0.6 is 11.6 Å². The summed E-state index contributed by atoms with van der Waals surface area (Å²) >= 11 is 6.03. The van der Waals surface area contributed by atoms with Gasteiger partial charge < -0.3 is 5.32 Å². The van der Waals surface area contributed by atoms with Crippen LogP contribution in [0.2, 0.25) is 5.02 Å². The molecule has 0 heterocycles. The Morgan fingerprint density at radius 1 is 1.25 bits per heavy atom. The number of hydrogen-bond donors (Lipinski definition) is 1. The second-order valence-electron chi connectivity index (χ2n) is 5.45. The van der Waals surface area contributed by atoms with Crippen molar-refractivity contribution in [2.24, 2.45) is 5.92 Å². The molecule has 0 aliphatic heterocycles. The van der Waals surface area contributed by atoms with Gasteiger partial charge in [0.1, 0.15) is 0 Å². The highest BCUT2D eigenvalue weighted by Crippen LogP contribution is 2.19. The van der Waals surface area contributed by atoms with Crippen LogP contribution in [0.5, 0.6) is 0 Å². The van der Waals surface area contributed by atoms with E-state index in [1.54, 1.807) is 18.2 Å². The molecule has 1 N–H and O–H groups in total. The molecule has 0 radical (unpaired) electrons. The predicted octanol–water partition coefficient (Wildman–Crippen LogP) is 3.28. The molecule has 114 valence electrons. The molecule has 0 amide bonds. The Kier molecular flexibility index (Phi) is 7.00. The van der Waals surface area contributed by atoms with E-state index in [2.05, 4.69) is 12.2 Å². The van der Waals surface area contributed by atoms with Gasteiger partial charge in [-0.2, -0.15) is 0 Å². The number of rotatable bonds is 8. The zero-order valence-corrected chi connectivity index (χ0v) is 14.0. The summed E-state index contributed by atoms with van der Waals surface area (Å²) in [6.45, 7) is 6.99. The Morgan fingerprint density at radius 3 is 2.45 bits per heavy atom. The Morgan fingerprint density at radius 2 is 1.90 bits per heavy atom. The molecule has 1 rings (SSSR count). The van der Waals surface area contributed by atoms with Gasteiger partial charge >= 0.3 is 0 Å². The highest BCUT2D eigenvalue weighted by molar-refractivity contribution is 7.90. The maximum Gasteiger partial charge on any atom is 0.156 e. The van der Waals surface area contributed by atoms with Gasteiger partial charge in [0.15, 0.2) is 9.84 Å². The van der Waals surface area contributed by atoms with E-state index in [1.807, 2.05) is 19.9 Å². The molecule has 0 aliphatic rings. The lowest BCUT2D eigenvalue weighted by atomic mass is 10.1. The monoisotopic (exact) mass is 317 g/mol. The maximum absolute atomic E-state index is 12.3. The molecular weight excluding hydrogens is 294 g/mol. The van der Waals surface area contributed by atoms with Gasteiger partial charge in [-0.1, -0.05) is 50.6 Å². The number of benzene rings is 1. The van der Waals surface area contributed by atoms with Gasteiger partial charge in [-0.3, -0.25) is 0 Å². The Balaban J connectivity index is 2.75. The van der Waals surface area contributed by atoms with Crippen molar-refractivity contribution in [2.45, 2.75) is 39.0 Å². The van der Waals surface area contributed by atoms with Crippen molar-refractivity contribution in [2.75, 3.05) is 12.3 Å². The van der Waals surface area contributed by atoms with Crippen LogP contribution in [0.15, 0.2) is 24.3 Å². The molecule has 1 aromatic carbocycles. The molecule has 0 fully saturated rings. The van der Waals surface area contributed by atoms with Crippen molar-refractivity contribution in [1.29, 1.82) is 0 Å². The number of sulfone groups is 1. The van der Waals surface area contributed by atoms with E-state index in [1.165, 1.54) is 0 Å². The van der Waals surface area contributed by atoms with Crippen LogP contribution in [0, 0.1) is 5.92 Å². The van der Waals surface area contributed by atoms with Crippen molar-refractivity contribution < 1.29 is 8.42 Å². The first kappa shape index (κ1) is 17.5. The van der Waals surface area contributed by atoms with E-state index in [-0.39, 0.29) is 23.5 Å². The molecule has 0 aliphatic carbocycles. The van der Waals surface area contributed by atoms with E-state index in [0.29, 0.717) is 10.6 Å². The largest absolute Gasteiger partial charge is 0.313 e. The summed E-state index contributed by atoms with van der Waals surface area (Å²) < 4.78 is 24.7. The first-order valence-electron chi connectivity index (χ1n) is 7.03. The fourth-order valence-electron chi connectivity index (χ4n) is 2.00. The second-order valence-corrected chi connectivity index (χ2v) is 7.97. The molecule has 1 atom stereocenters. The summed E-state index contributed by atoms with van der Waals surface area (Å²) in [5.41, 5.74) is 0.673. The number of nitrogens with one attached hydrogen (secondary N) is 1. The Bertz CT molecular complexity index is 514. The summed E-state index contributed by atoms with van der Waals surface area (Å²) in [5.74, 6) is 0.433. The van der Waals surface area contributed by atoms with Crippen molar-refractivity contribution in [3.8, 4) is 0 Å². The first-order valence-corrected chi connectivity index (χ1v) is 9.23. The van der Waals surface area contributed by atoms with Crippen molar-refractivity contribution in [3.05, 3.63) is 34.9 Å². The van der Waals surface area contributed by atoms with Crippen LogP contribution < -0.4 is 5.32 Å². The van der Waals surface area contributed by atoms with Gasteiger partial charge in [-0.05, 0) is 30.5 Å². The Hall–Kier alpha value is -0.580. The quantitative estimate of drug-likeness (QED) is 0.800. The average molecular weight is 318 g/mol. The van der Waals surface area contributed by atoms with Gasteiger partial charge in [-0.15, -0.1) is 0 Å². The molecule has 1 aromatic rings. The van der Waals surface area contributed by atoms with Crippen LogP contribution in [0.1, 0.15) is 32.8 Å². The zero-order valence-electron chi connectivity index (χ0n) is 12.4. The minimum atomic E-state index is -3.18. The average Bonchev–Trinajstić information content (AvgIpc) is 2.36. The van der Waals surface area contributed by atoms with E-state index in [9.17, 15) is 8.42 Å². The molecule has 5 heteroatoms. The molecule has 0 saturated carbocycles. The SMILES string of the molecule is CCCNC(CS(=O)(=O)Cc1ccccc1Cl)C(C)C. The molecule has 20 heavy (non-hydrogen) atoms. The van der Waals surface area contributed by atoms with E-state index in [4.69, 9.17) is 11.6 Å². The van der Waals surface area contributed by atoms with E-state index >= 15 is 0 Å². The van der Waals surface area contributed by atoms with Gasteiger partial charge in [0.25, 0.3) is 0 Å². The van der Waals surface area contributed by atoms with Gasteiger partial charge in [0, 0.05) is 11.1 Å². The second kappa shape index (κ2) is 8.01. The molecule has 0 saturated heterocycles. The lowest BCUT2D eigenvalue weighted by molar-refractivity contribution is 0.426. The predicted molar refractivity (Wildman–Crippen MR) is 85.9 cm³/mol. The topological polar surface area (TPSA) is 46.2 Å². The minimum absolute atomic E-state index is 0.00367. The van der Waals surface area contributed by atoms with Crippen LogP contribution in [0.4, 0.5) is 0 Å². The number of hydrogen-bond acceptors (Lipinski definition) is 3. The van der Waals surface area contributed by atoms with Gasteiger partial charge in [-0.25, -0.2) is 8.42 Å². The van der Waals surface area contributed by atoms with Crippen molar-refractivity contribution in [3.63, 3.8) is 0 Å². The van der Waals surface area contributed by atoms with Crippen molar-refractivity contribution in [1.82, 2.24) is 5.32 Å². The fourth-order valence-corrected chi connectivity index (χ4v) is 4.18. The highest BCUT2D eigenvalue weighted by Gasteiger charge is 2.22. The lowest BCUT2D eigenvalue weighted by Gasteiger charge is -2.22. The maximum atomic E-state index is 12.3. The minimum Gasteiger partial charge on any atom is -0.313 e. The number of halogens is 1. The molecule has 0 spiro atoms. The third kappa shape index (κ3) is 5.81. The van der Waals surface area contributed by atoms with Crippen LogP contribution in [0.3, 0.4) is 0 Å². The van der Waals surface area contributed by atoms with E-state index in [0.717, 1.165) is 13.0 Å². The summed E-state index contributed by atoms with van der Waals surface area (Å²) in [7, 11) is -3.18. The zero-order chi connectivity index (χ0) is 15.2. The molecular formula is C15H24ClNO2S. The summed E-state index contributed by atoms with van der Waals surface area (Å²) in [5, 5.41) is 3.83. The summed E-state index contributed by atoms with van der Waals surface area (Å²) in [6, 6.07) is 7.10. The fraction of sp³-hybridized carbons (Fsp3) is 0.600. The molecule has 1 unspecified atom stereocenters. The lowest BCUT2D eigenvalue weighted by Crippen LogP contribution is -2.40. The summed E-state index contributed by atoms with van der Waals surface area (Å²) in [6.07, 6.45) is 0.994. The van der Waals surface area contributed by atoms with Gasteiger partial charge in [0.2, 0.25) is 0 Å². The highest BCUT2D eigenvalue weighted by atomic mass is 35.5. The van der Waals surface area contributed by atoms with E-state index < -0.39 is 9.84 Å². The normalized spacial score (nSPS) is 13.7. The van der Waals surface area contributed by atoms with Crippen LogP contribution in [0.25, 0.3) is 0 Å². The Labute approximate surface area is 127 Å². The first-order chi connectivity index (χ1) is 9.35. The van der Waals surface area contributed by atoms with Gasteiger partial charge in [0.05, 0.1) is 11.5 Å². The smallest absolute Gasteiger partial charge is 0.156 e. The standard InChI is InChI=1S/C15H24ClNO2S/c1-4-9-17-15(12(2)3)11-20(18,19)10-13-7-5-6-8-14(13)16/h5-8,12,15,17H,4,9-11H2,1-3H3. The van der Waals surface area contributed by atoms with Crippen LogP contribution in [-0.2, 0) is 15.6 Å². The molecule has 0 aromatic heterocycles. The molecule has 3 nitrogen and oxygen atoms in total. The third-order valence-corrected chi connectivity index (χ3v) is 5.21. The van der Waals surface area contributed by atoms with Crippen molar-refractivity contribution >= 4 is 21.4 Å². The third-order valence-electron chi connectivity index (χ3n) is 3.23. The summed E-state index contributed by atoms with van der Waals surface area (Å²) in [4.78, 5) is 0. The molecule has 0 bridgehead atoms. The van der Waals surface area contributed by atoms with Crippen LogP contribution in [-0.4, -0.2) is 26.8 Å².